The Kier molecular flexibility index (Phi) is 3.33. The van der Waals surface area contributed by atoms with E-state index in [2.05, 4.69) is 10.6 Å². The summed E-state index contributed by atoms with van der Waals surface area (Å²) in [6.07, 6.45) is 0.474. The van der Waals surface area contributed by atoms with Gasteiger partial charge in [0.25, 0.3) is 0 Å². The first kappa shape index (κ1) is 11.9. The fourth-order valence-corrected chi connectivity index (χ4v) is 1.87. The van der Waals surface area contributed by atoms with E-state index >= 15 is 0 Å². The molecule has 1 heterocycles. The molecule has 0 aromatic heterocycles. The van der Waals surface area contributed by atoms with Crippen LogP contribution in [0.4, 0.5) is 0 Å². The van der Waals surface area contributed by atoms with Crippen molar-refractivity contribution in [1.82, 2.24) is 10.6 Å². The SMILES string of the molecule is C[C@@H]1NC(=O)[C@H](Cc2ccc(Cl)cc2)NC1=O. The molecule has 2 rings (SSSR count). The Morgan fingerprint density at radius 3 is 2.41 bits per heavy atom. The second-order valence-corrected chi connectivity index (χ2v) is 4.56. The molecule has 1 aliphatic rings. The molecule has 0 bridgehead atoms. The van der Waals surface area contributed by atoms with Gasteiger partial charge in [0, 0.05) is 11.4 Å². The summed E-state index contributed by atoms with van der Waals surface area (Å²) in [6, 6.07) is 6.27. The van der Waals surface area contributed by atoms with E-state index in [4.69, 9.17) is 11.6 Å². The van der Waals surface area contributed by atoms with E-state index in [1.54, 1.807) is 19.1 Å². The molecule has 1 fully saturated rings. The summed E-state index contributed by atoms with van der Waals surface area (Å²) in [7, 11) is 0. The monoisotopic (exact) mass is 252 g/mol. The van der Waals surface area contributed by atoms with Gasteiger partial charge in [0.15, 0.2) is 0 Å². The van der Waals surface area contributed by atoms with E-state index in [0.29, 0.717) is 11.4 Å². The predicted octanol–water partition coefficient (Wildman–Crippen LogP) is 0.886. The summed E-state index contributed by atoms with van der Waals surface area (Å²) >= 11 is 5.78. The maximum atomic E-state index is 11.7. The number of nitrogens with one attached hydrogen (secondary N) is 2. The summed E-state index contributed by atoms with van der Waals surface area (Å²) in [5.41, 5.74) is 0.962. The van der Waals surface area contributed by atoms with Crippen molar-refractivity contribution in [3.05, 3.63) is 34.9 Å². The number of hydrogen-bond acceptors (Lipinski definition) is 2. The van der Waals surface area contributed by atoms with Crippen molar-refractivity contribution in [2.45, 2.75) is 25.4 Å². The van der Waals surface area contributed by atoms with Crippen molar-refractivity contribution in [1.29, 1.82) is 0 Å². The van der Waals surface area contributed by atoms with Crippen LogP contribution in [0.5, 0.6) is 0 Å². The molecule has 1 saturated heterocycles. The van der Waals surface area contributed by atoms with Gasteiger partial charge in [-0.3, -0.25) is 9.59 Å². The van der Waals surface area contributed by atoms with Gasteiger partial charge in [-0.1, -0.05) is 23.7 Å². The highest BCUT2D eigenvalue weighted by molar-refractivity contribution is 6.30. The van der Waals surface area contributed by atoms with E-state index in [1.165, 1.54) is 0 Å². The molecule has 2 N–H and O–H groups in total. The smallest absolute Gasteiger partial charge is 0.243 e. The van der Waals surface area contributed by atoms with E-state index in [0.717, 1.165) is 5.56 Å². The van der Waals surface area contributed by atoms with Crippen LogP contribution in [-0.4, -0.2) is 23.9 Å². The maximum absolute atomic E-state index is 11.7. The van der Waals surface area contributed by atoms with Crippen molar-refractivity contribution in [3.63, 3.8) is 0 Å². The van der Waals surface area contributed by atoms with E-state index in [-0.39, 0.29) is 11.8 Å². The molecule has 0 aliphatic carbocycles. The number of hydrogen-bond donors (Lipinski definition) is 2. The fourth-order valence-electron chi connectivity index (χ4n) is 1.74. The molecule has 1 aliphatic heterocycles. The summed E-state index contributed by atoms with van der Waals surface area (Å²) < 4.78 is 0. The van der Waals surface area contributed by atoms with Crippen molar-refractivity contribution < 1.29 is 9.59 Å². The number of piperazine rings is 1. The molecule has 1 aromatic carbocycles. The van der Waals surface area contributed by atoms with Gasteiger partial charge in [-0.15, -0.1) is 0 Å². The molecule has 2 atom stereocenters. The summed E-state index contributed by atoms with van der Waals surface area (Å²) in [5, 5.41) is 5.98. The lowest BCUT2D eigenvalue weighted by atomic mass is 10.0. The van der Waals surface area contributed by atoms with Crippen molar-refractivity contribution in [2.75, 3.05) is 0 Å². The highest BCUT2D eigenvalue weighted by Crippen LogP contribution is 2.12. The van der Waals surface area contributed by atoms with Crippen LogP contribution in [-0.2, 0) is 16.0 Å². The Bertz CT molecular complexity index is 444. The van der Waals surface area contributed by atoms with Gasteiger partial charge in [0.2, 0.25) is 11.8 Å². The number of rotatable bonds is 2. The van der Waals surface area contributed by atoms with Crippen LogP contribution in [0.3, 0.4) is 0 Å². The van der Waals surface area contributed by atoms with Crippen LogP contribution in [0, 0.1) is 0 Å². The third-order valence-electron chi connectivity index (χ3n) is 2.74. The number of halogens is 1. The van der Waals surface area contributed by atoms with E-state index in [1.807, 2.05) is 12.1 Å². The van der Waals surface area contributed by atoms with Gasteiger partial charge in [-0.05, 0) is 24.6 Å². The Balaban J connectivity index is 2.06. The molecule has 0 unspecified atom stereocenters. The quantitative estimate of drug-likeness (QED) is 0.821. The minimum atomic E-state index is -0.500. The zero-order valence-electron chi connectivity index (χ0n) is 9.37. The molecule has 0 radical (unpaired) electrons. The standard InChI is InChI=1S/C12H13ClN2O2/c1-7-11(16)15-10(12(17)14-7)6-8-2-4-9(13)5-3-8/h2-5,7,10H,6H2,1H3,(H,14,17)(H,15,16)/t7-,10-/m0/s1. The molecule has 2 amide bonds. The Hall–Kier alpha value is -1.55. The van der Waals surface area contributed by atoms with Gasteiger partial charge in [0.05, 0.1) is 0 Å². The molecule has 0 spiro atoms. The Labute approximate surface area is 104 Å². The highest BCUT2D eigenvalue weighted by Gasteiger charge is 2.30. The normalized spacial score (nSPS) is 24.1. The molecular weight excluding hydrogens is 240 g/mol. The first-order valence-electron chi connectivity index (χ1n) is 5.41. The Morgan fingerprint density at radius 1 is 1.12 bits per heavy atom. The van der Waals surface area contributed by atoms with Crippen LogP contribution in [0.15, 0.2) is 24.3 Å². The van der Waals surface area contributed by atoms with Gasteiger partial charge in [0.1, 0.15) is 12.1 Å². The average Bonchev–Trinajstić information content (AvgIpc) is 2.29. The van der Waals surface area contributed by atoms with Crippen LogP contribution in [0.25, 0.3) is 0 Å². The second-order valence-electron chi connectivity index (χ2n) is 4.12. The molecule has 17 heavy (non-hydrogen) atoms. The summed E-state index contributed by atoms with van der Waals surface area (Å²) in [6.45, 7) is 1.66. The number of carbonyl (C=O) groups excluding carboxylic acids is 2. The largest absolute Gasteiger partial charge is 0.343 e. The first-order valence-corrected chi connectivity index (χ1v) is 5.79. The molecular formula is C12H13ClN2O2. The van der Waals surface area contributed by atoms with Crippen LogP contribution in [0.2, 0.25) is 5.02 Å². The van der Waals surface area contributed by atoms with Crippen molar-refractivity contribution in [2.24, 2.45) is 0 Å². The van der Waals surface area contributed by atoms with Gasteiger partial charge < -0.3 is 10.6 Å². The molecule has 90 valence electrons. The maximum Gasteiger partial charge on any atom is 0.243 e. The van der Waals surface area contributed by atoms with E-state index < -0.39 is 12.1 Å². The van der Waals surface area contributed by atoms with Crippen LogP contribution >= 0.6 is 11.6 Å². The molecule has 1 aromatic rings. The summed E-state index contributed by atoms with van der Waals surface area (Å²) in [4.78, 5) is 23.1. The first-order chi connectivity index (χ1) is 8.06. The van der Waals surface area contributed by atoms with E-state index in [9.17, 15) is 9.59 Å². The second kappa shape index (κ2) is 4.75. The minimum Gasteiger partial charge on any atom is -0.343 e. The lowest BCUT2D eigenvalue weighted by molar-refractivity contribution is -0.136. The average molecular weight is 253 g/mol. The van der Waals surface area contributed by atoms with Gasteiger partial charge >= 0.3 is 0 Å². The number of carbonyl (C=O) groups is 2. The van der Waals surface area contributed by atoms with Crippen LogP contribution < -0.4 is 10.6 Å². The minimum absolute atomic E-state index is 0.146. The predicted molar refractivity (Wildman–Crippen MR) is 64.7 cm³/mol. The van der Waals surface area contributed by atoms with Crippen LogP contribution in [0.1, 0.15) is 12.5 Å². The third kappa shape index (κ3) is 2.77. The lowest BCUT2D eigenvalue weighted by Crippen LogP contribution is -2.61. The van der Waals surface area contributed by atoms with Crippen molar-refractivity contribution >= 4 is 23.4 Å². The molecule has 0 saturated carbocycles. The number of amides is 2. The molecule has 5 heteroatoms. The Morgan fingerprint density at radius 2 is 1.76 bits per heavy atom. The molecule has 4 nitrogen and oxygen atoms in total. The third-order valence-corrected chi connectivity index (χ3v) is 2.99. The fraction of sp³-hybridized carbons (Fsp3) is 0.333. The topological polar surface area (TPSA) is 58.2 Å². The highest BCUT2D eigenvalue weighted by atomic mass is 35.5. The summed E-state index contributed by atoms with van der Waals surface area (Å²) in [5.74, 6) is -0.296. The van der Waals surface area contributed by atoms with Gasteiger partial charge in [-0.2, -0.15) is 0 Å². The zero-order valence-corrected chi connectivity index (χ0v) is 10.1. The lowest BCUT2D eigenvalue weighted by Gasteiger charge is -2.27. The number of benzene rings is 1. The van der Waals surface area contributed by atoms with Crippen molar-refractivity contribution in [3.8, 4) is 0 Å². The zero-order chi connectivity index (χ0) is 12.4. The van der Waals surface area contributed by atoms with Gasteiger partial charge in [-0.25, -0.2) is 0 Å².